The van der Waals surface area contributed by atoms with E-state index in [-0.39, 0.29) is 5.91 Å². The van der Waals surface area contributed by atoms with Crippen molar-refractivity contribution in [2.45, 2.75) is 6.92 Å². The van der Waals surface area contributed by atoms with E-state index in [1.54, 1.807) is 23.0 Å². The van der Waals surface area contributed by atoms with E-state index in [0.717, 1.165) is 3.57 Å². The molecule has 6 nitrogen and oxygen atoms in total. The molecule has 0 atom stereocenters. The van der Waals surface area contributed by atoms with Gasteiger partial charge in [0.25, 0.3) is 5.91 Å². The van der Waals surface area contributed by atoms with Crippen molar-refractivity contribution in [2.24, 2.45) is 0 Å². The predicted octanol–water partition coefficient (Wildman–Crippen LogP) is 1.02. The number of nitrogens with one attached hydrogen (secondary N) is 1. The first kappa shape index (κ1) is 12.0. The van der Waals surface area contributed by atoms with Crippen LogP contribution in [0, 0.1) is 3.57 Å². The summed E-state index contributed by atoms with van der Waals surface area (Å²) in [7, 11) is 0. The maximum atomic E-state index is 11.5. The van der Waals surface area contributed by atoms with Crippen LogP contribution in [0.25, 0.3) is 5.82 Å². The molecule has 1 amide bonds. The molecule has 7 heteroatoms. The lowest BCUT2D eigenvalue weighted by molar-refractivity contribution is 0.0950. The van der Waals surface area contributed by atoms with Crippen molar-refractivity contribution >= 4 is 28.5 Å². The molecular formula is C10H10IN5O. The molecule has 1 N–H and O–H groups in total. The summed E-state index contributed by atoms with van der Waals surface area (Å²) in [5.74, 6) is 0.363. The Morgan fingerprint density at radius 1 is 1.47 bits per heavy atom. The van der Waals surface area contributed by atoms with Gasteiger partial charge in [-0.15, -0.1) is 10.2 Å². The van der Waals surface area contributed by atoms with E-state index in [9.17, 15) is 4.79 Å². The SMILES string of the molecule is CCNC(=O)c1ccc(-n2cc(I)cn2)nn1. The Hall–Kier alpha value is -1.51. The lowest BCUT2D eigenvalue weighted by Gasteiger charge is -2.02. The first-order valence-electron chi connectivity index (χ1n) is 5.03. The minimum atomic E-state index is -0.221. The quantitative estimate of drug-likeness (QED) is 0.845. The van der Waals surface area contributed by atoms with Crippen molar-refractivity contribution in [3.8, 4) is 5.82 Å². The van der Waals surface area contributed by atoms with Crippen LogP contribution in [0.5, 0.6) is 0 Å². The summed E-state index contributed by atoms with van der Waals surface area (Å²) in [6.07, 6.45) is 3.55. The molecule has 17 heavy (non-hydrogen) atoms. The van der Waals surface area contributed by atoms with Crippen LogP contribution in [-0.4, -0.2) is 32.4 Å². The number of aromatic nitrogens is 4. The molecule has 0 saturated carbocycles. The first-order chi connectivity index (χ1) is 8.20. The van der Waals surface area contributed by atoms with Crippen molar-refractivity contribution < 1.29 is 4.79 Å². The summed E-state index contributed by atoms with van der Waals surface area (Å²) >= 11 is 2.16. The molecule has 0 aliphatic heterocycles. The fourth-order valence-electron chi connectivity index (χ4n) is 1.25. The molecule has 2 aromatic rings. The third kappa shape index (κ3) is 2.78. The van der Waals surface area contributed by atoms with Gasteiger partial charge in [-0.3, -0.25) is 4.79 Å². The second-order valence-corrected chi connectivity index (χ2v) is 4.48. The van der Waals surface area contributed by atoms with Gasteiger partial charge in [-0.25, -0.2) is 4.68 Å². The second-order valence-electron chi connectivity index (χ2n) is 3.24. The van der Waals surface area contributed by atoms with Gasteiger partial charge in [0.05, 0.1) is 9.77 Å². The first-order valence-corrected chi connectivity index (χ1v) is 6.11. The summed E-state index contributed by atoms with van der Waals surface area (Å²) in [6, 6.07) is 3.34. The van der Waals surface area contributed by atoms with Gasteiger partial charge in [0, 0.05) is 12.7 Å². The van der Waals surface area contributed by atoms with Crippen molar-refractivity contribution in [3.05, 3.63) is 33.8 Å². The van der Waals surface area contributed by atoms with Gasteiger partial charge < -0.3 is 5.32 Å². The lowest BCUT2D eigenvalue weighted by atomic mass is 10.3. The van der Waals surface area contributed by atoms with Crippen LogP contribution < -0.4 is 5.32 Å². The maximum absolute atomic E-state index is 11.5. The van der Waals surface area contributed by atoms with E-state index >= 15 is 0 Å². The molecule has 2 rings (SSSR count). The molecule has 88 valence electrons. The van der Waals surface area contributed by atoms with Gasteiger partial charge in [0.2, 0.25) is 0 Å². The van der Waals surface area contributed by atoms with Crippen molar-refractivity contribution in [1.29, 1.82) is 0 Å². The van der Waals surface area contributed by atoms with E-state index in [0.29, 0.717) is 18.1 Å². The topological polar surface area (TPSA) is 72.7 Å². The molecule has 0 aliphatic rings. The van der Waals surface area contributed by atoms with Crippen LogP contribution in [0.4, 0.5) is 0 Å². The Balaban J connectivity index is 2.21. The van der Waals surface area contributed by atoms with Crippen LogP contribution >= 0.6 is 22.6 Å². The molecule has 0 radical (unpaired) electrons. The average Bonchev–Trinajstić information content (AvgIpc) is 2.76. The number of carbonyl (C=O) groups is 1. The highest BCUT2D eigenvalue weighted by atomic mass is 127. The Morgan fingerprint density at radius 2 is 2.29 bits per heavy atom. The highest BCUT2D eigenvalue weighted by Gasteiger charge is 2.07. The van der Waals surface area contributed by atoms with E-state index in [1.807, 2.05) is 13.1 Å². The predicted molar refractivity (Wildman–Crippen MR) is 69.9 cm³/mol. The minimum absolute atomic E-state index is 0.221. The number of hydrogen-bond donors (Lipinski definition) is 1. The van der Waals surface area contributed by atoms with Gasteiger partial charge in [-0.1, -0.05) is 0 Å². The Morgan fingerprint density at radius 3 is 2.82 bits per heavy atom. The molecule has 0 aliphatic carbocycles. The molecule has 2 heterocycles. The van der Waals surface area contributed by atoms with Gasteiger partial charge in [0.15, 0.2) is 11.5 Å². The van der Waals surface area contributed by atoms with Crippen LogP contribution in [0.3, 0.4) is 0 Å². The number of hydrogen-bond acceptors (Lipinski definition) is 4. The number of nitrogens with zero attached hydrogens (tertiary/aromatic N) is 4. The molecule has 0 aromatic carbocycles. The zero-order chi connectivity index (χ0) is 12.3. The van der Waals surface area contributed by atoms with Gasteiger partial charge in [0.1, 0.15) is 0 Å². The molecule has 0 fully saturated rings. The van der Waals surface area contributed by atoms with Gasteiger partial charge >= 0.3 is 0 Å². The Kier molecular flexibility index (Phi) is 3.67. The largest absolute Gasteiger partial charge is 0.351 e. The summed E-state index contributed by atoms with van der Waals surface area (Å²) < 4.78 is 2.62. The Bertz CT molecular complexity index is 522. The monoisotopic (exact) mass is 343 g/mol. The number of halogens is 1. The van der Waals surface area contributed by atoms with Crippen molar-refractivity contribution in [3.63, 3.8) is 0 Å². The second kappa shape index (κ2) is 5.21. The number of amides is 1. The van der Waals surface area contributed by atoms with Crippen LogP contribution in [-0.2, 0) is 0 Å². The standard InChI is InChI=1S/C10H10IN5O/c1-2-12-10(17)8-3-4-9(15-14-8)16-6-7(11)5-13-16/h3-6H,2H2,1H3,(H,12,17). The molecule has 0 saturated heterocycles. The van der Waals surface area contributed by atoms with Crippen LogP contribution in [0.2, 0.25) is 0 Å². The molecule has 2 aromatic heterocycles. The maximum Gasteiger partial charge on any atom is 0.271 e. The highest BCUT2D eigenvalue weighted by molar-refractivity contribution is 14.1. The molecule has 0 bridgehead atoms. The summed E-state index contributed by atoms with van der Waals surface area (Å²) in [5.41, 5.74) is 0.303. The number of rotatable bonds is 3. The number of carbonyl (C=O) groups excluding carboxylic acids is 1. The average molecular weight is 343 g/mol. The smallest absolute Gasteiger partial charge is 0.271 e. The van der Waals surface area contributed by atoms with E-state index in [2.05, 4.69) is 43.2 Å². The van der Waals surface area contributed by atoms with Crippen LogP contribution in [0.15, 0.2) is 24.5 Å². The normalized spacial score (nSPS) is 10.2. The van der Waals surface area contributed by atoms with Gasteiger partial charge in [-0.05, 0) is 41.6 Å². The zero-order valence-electron chi connectivity index (χ0n) is 9.09. The van der Waals surface area contributed by atoms with Crippen molar-refractivity contribution in [2.75, 3.05) is 6.54 Å². The summed E-state index contributed by atoms with van der Waals surface area (Å²) in [4.78, 5) is 11.5. The fourth-order valence-corrected chi connectivity index (χ4v) is 1.63. The van der Waals surface area contributed by atoms with E-state index in [1.165, 1.54) is 0 Å². The highest BCUT2D eigenvalue weighted by Crippen LogP contribution is 2.06. The molecule has 0 spiro atoms. The molecular weight excluding hydrogens is 333 g/mol. The summed E-state index contributed by atoms with van der Waals surface area (Å²) in [5, 5.41) is 14.6. The summed E-state index contributed by atoms with van der Waals surface area (Å²) in [6.45, 7) is 2.42. The molecule has 0 unspecified atom stereocenters. The van der Waals surface area contributed by atoms with E-state index < -0.39 is 0 Å². The van der Waals surface area contributed by atoms with Crippen LogP contribution in [0.1, 0.15) is 17.4 Å². The van der Waals surface area contributed by atoms with Crippen molar-refractivity contribution in [1.82, 2.24) is 25.3 Å². The zero-order valence-corrected chi connectivity index (χ0v) is 11.2. The van der Waals surface area contributed by atoms with Gasteiger partial charge in [-0.2, -0.15) is 5.10 Å². The third-order valence-electron chi connectivity index (χ3n) is 2.01. The Labute approximate surface area is 112 Å². The van der Waals surface area contributed by atoms with E-state index in [4.69, 9.17) is 0 Å². The minimum Gasteiger partial charge on any atom is -0.351 e. The fraction of sp³-hybridized carbons (Fsp3) is 0.200. The third-order valence-corrected chi connectivity index (χ3v) is 2.56. The lowest BCUT2D eigenvalue weighted by Crippen LogP contribution is -2.24.